The summed E-state index contributed by atoms with van der Waals surface area (Å²) in [6.45, 7) is 10.6. The quantitative estimate of drug-likeness (QED) is 0.541. The third-order valence-electron chi connectivity index (χ3n) is 4.85. The van der Waals surface area contributed by atoms with Crippen molar-refractivity contribution in [3.63, 3.8) is 0 Å². The molecule has 120 valence electrons. The van der Waals surface area contributed by atoms with E-state index in [-0.39, 0.29) is 18.3 Å². The molecule has 1 saturated heterocycles. The maximum Gasteiger partial charge on any atom is 0.458 e. The lowest BCUT2D eigenvalue weighted by Crippen LogP contribution is -2.41. The van der Waals surface area contributed by atoms with E-state index >= 15 is 0 Å². The van der Waals surface area contributed by atoms with Crippen molar-refractivity contribution in [2.24, 2.45) is 0 Å². The van der Waals surface area contributed by atoms with Gasteiger partial charge in [-0.2, -0.15) is 0 Å². The molecule has 22 heavy (non-hydrogen) atoms. The molecule has 1 aliphatic rings. The highest BCUT2D eigenvalue weighted by molar-refractivity contribution is 6.45. The van der Waals surface area contributed by atoms with Crippen molar-refractivity contribution in [2.45, 2.75) is 71.4 Å². The number of rotatable bonds is 6. The van der Waals surface area contributed by atoms with Crippen molar-refractivity contribution in [1.29, 1.82) is 0 Å². The van der Waals surface area contributed by atoms with E-state index in [4.69, 9.17) is 9.31 Å². The molecule has 0 bridgehead atoms. The highest BCUT2D eigenvalue weighted by Gasteiger charge is 2.50. The molecule has 2 nitrogen and oxygen atoms in total. The van der Waals surface area contributed by atoms with Gasteiger partial charge in [0, 0.05) is 0 Å². The minimum Gasteiger partial charge on any atom is -0.403 e. The molecule has 0 unspecified atom stereocenters. The molecule has 0 aliphatic carbocycles. The van der Waals surface area contributed by atoms with Gasteiger partial charge in [-0.15, -0.1) is 0 Å². The largest absolute Gasteiger partial charge is 0.458 e. The summed E-state index contributed by atoms with van der Waals surface area (Å²) in [7, 11) is -0.0804. The van der Waals surface area contributed by atoms with Crippen LogP contribution >= 0.6 is 0 Å². The maximum absolute atomic E-state index is 6.02. The van der Waals surface area contributed by atoms with Crippen LogP contribution in [0.3, 0.4) is 0 Å². The van der Waals surface area contributed by atoms with Gasteiger partial charge in [0.25, 0.3) is 0 Å². The van der Waals surface area contributed by atoms with Crippen molar-refractivity contribution in [3.05, 3.63) is 47.5 Å². The molecule has 0 radical (unpaired) electrons. The number of aryl methyl sites for hydroxylation is 1. The zero-order chi connectivity index (χ0) is 16.2. The van der Waals surface area contributed by atoms with E-state index in [9.17, 15) is 0 Å². The minimum atomic E-state index is -0.219. The fraction of sp³-hybridized carbons (Fsp3) is 0.579. The second-order valence-corrected chi connectivity index (χ2v) is 7.30. The van der Waals surface area contributed by atoms with Gasteiger partial charge in [0.2, 0.25) is 0 Å². The molecule has 1 aromatic carbocycles. The van der Waals surface area contributed by atoms with Gasteiger partial charge in [0.05, 0.1) is 11.2 Å². The lowest BCUT2D eigenvalue weighted by Gasteiger charge is -2.32. The summed E-state index contributed by atoms with van der Waals surface area (Å²) >= 11 is 0. The Morgan fingerprint density at radius 2 is 1.64 bits per heavy atom. The van der Waals surface area contributed by atoms with Crippen LogP contribution in [0.5, 0.6) is 0 Å². The lowest BCUT2D eigenvalue weighted by molar-refractivity contribution is 0.00578. The summed E-state index contributed by atoms with van der Waals surface area (Å²) in [6, 6.07) is 10.7. The van der Waals surface area contributed by atoms with Crippen LogP contribution < -0.4 is 0 Å². The first-order chi connectivity index (χ1) is 10.3. The van der Waals surface area contributed by atoms with Crippen molar-refractivity contribution in [2.75, 3.05) is 0 Å². The van der Waals surface area contributed by atoms with Gasteiger partial charge in [-0.1, -0.05) is 42.0 Å². The number of hydrogen-bond acceptors (Lipinski definition) is 2. The number of benzene rings is 1. The van der Waals surface area contributed by atoms with Gasteiger partial charge < -0.3 is 9.31 Å². The molecule has 1 aromatic rings. The highest BCUT2D eigenvalue weighted by Crippen LogP contribution is 2.38. The summed E-state index contributed by atoms with van der Waals surface area (Å²) < 4.78 is 12.0. The van der Waals surface area contributed by atoms with Gasteiger partial charge in [0.15, 0.2) is 0 Å². The Morgan fingerprint density at radius 1 is 1.05 bits per heavy atom. The topological polar surface area (TPSA) is 18.5 Å². The molecule has 1 fully saturated rings. The Morgan fingerprint density at radius 3 is 2.23 bits per heavy atom. The summed E-state index contributed by atoms with van der Waals surface area (Å²) in [6.07, 6.45) is 6.49. The average Bonchev–Trinajstić information content (AvgIpc) is 2.65. The van der Waals surface area contributed by atoms with E-state index in [1.165, 1.54) is 11.1 Å². The Kier molecular flexibility index (Phi) is 5.52. The third kappa shape index (κ3) is 4.47. The molecule has 0 spiro atoms. The summed E-state index contributed by atoms with van der Waals surface area (Å²) in [4.78, 5) is 0. The van der Waals surface area contributed by atoms with E-state index in [1.807, 2.05) is 0 Å². The molecular weight excluding hydrogens is 271 g/mol. The van der Waals surface area contributed by atoms with Crippen molar-refractivity contribution < 1.29 is 9.31 Å². The Bertz CT molecular complexity index is 489. The molecule has 0 amide bonds. The molecule has 0 atom stereocenters. The molecule has 1 aliphatic heterocycles. The zero-order valence-corrected chi connectivity index (χ0v) is 14.7. The molecule has 1 heterocycles. The third-order valence-corrected chi connectivity index (χ3v) is 4.85. The minimum absolute atomic E-state index is 0.0804. The highest BCUT2D eigenvalue weighted by atomic mass is 16.7. The first-order valence-electron chi connectivity index (χ1n) is 8.35. The molecule has 0 saturated carbocycles. The normalized spacial score (nSPS) is 20.4. The van der Waals surface area contributed by atoms with Crippen LogP contribution in [0, 0.1) is 0 Å². The van der Waals surface area contributed by atoms with Crippen LogP contribution in [0.15, 0.2) is 42.0 Å². The molecular formula is C19H29BO2. The summed E-state index contributed by atoms with van der Waals surface area (Å²) in [5.41, 5.74) is 2.41. The Labute approximate surface area is 136 Å². The number of allylic oxidation sites excluding steroid dienone is 2. The molecule has 0 aromatic heterocycles. The van der Waals surface area contributed by atoms with Crippen molar-refractivity contribution >= 4 is 7.12 Å². The van der Waals surface area contributed by atoms with Crippen LogP contribution in [0.2, 0.25) is 6.32 Å². The molecule has 0 N–H and O–H groups in total. The van der Waals surface area contributed by atoms with E-state index < -0.39 is 0 Å². The van der Waals surface area contributed by atoms with Crippen LogP contribution in [-0.2, 0) is 15.7 Å². The van der Waals surface area contributed by atoms with E-state index in [0.717, 1.165) is 25.6 Å². The van der Waals surface area contributed by atoms with Crippen molar-refractivity contribution in [1.82, 2.24) is 0 Å². The van der Waals surface area contributed by atoms with E-state index in [2.05, 4.69) is 71.0 Å². The molecule has 3 heteroatoms. The van der Waals surface area contributed by atoms with Crippen LogP contribution in [-0.4, -0.2) is 18.3 Å². The molecule has 2 rings (SSSR count). The Balaban J connectivity index is 1.74. The van der Waals surface area contributed by atoms with Gasteiger partial charge in [-0.3, -0.25) is 0 Å². The number of hydrogen-bond donors (Lipinski definition) is 0. The first-order valence-corrected chi connectivity index (χ1v) is 8.35. The smallest absolute Gasteiger partial charge is 0.403 e. The second-order valence-electron chi connectivity index (χ2n) is 7.30. The standard InChI is InChI=1S/C19H29BO2/c1-16(13-14-17-11-7-6-8-12-17)10-9-15-20-21-18(2,3)19(4,5)22-20/h6-8,10-12H,9,13-15H2,1-5H3/b16-10+. The van der Waals surface area contributed by atoms with Crippen LogP contribution in [0.1, 0.15) is 53.0 Å². The van der Waals surface area contributed by atoms with Crippen LogP contribution in [0.25, 0.3) is 0 Å². The Hall–Kier alpha value is -1.06. The average molecular weight is 300 g/mol. The van der Waals surface area contributed by atoms with E-state index in [1.54, 1.807) is 0 Å². The van der Waals surface area contributed by atoms with E-state index in [0.29, 0.717) is 0 Å². The van der Waals surface area contributed by atoms with Gasteiger partial charge >= 0.3 is 7.12 Å². The predicted octanol–water partition coefficient (Wildman–Crippen LogP) is 5.05. The maximum atomic E-state index is 6.02. The summed E-state index contributed by atoms with van der Waals surface area (Å²) in [5.74, 6) is 0. The summed E-state index contributed by atoms with van der Waals surface area (Å²) in [5, 5.41) is 0. The fourth-order valence-corrected chi connectivity index (χ4v) is 2.64. The van der Waals surface area contributed by atoms with Crippen LogP contribution in [0.4, 0.5) is 0 Å². The fourth-order valence-electron chi connectivity index (χ4n) is 2.64. The lowest BCUT2D eigenvalue weighted by atomic mass is 9.82. The van der Waals surface area contributed by atoms with Gasteiger partial charge in [-0.25, -0.2) is 0 Å². The zero-order valence-electron chi connectivity index (χ0n) is 14.7. The van der Waals surface area contributed by atoms with Crippen molar-refractivity contribution in [3.8, 4) is 0 Å². The SMILES string of the molecule is C/C(=C\CCB1OC(C)(C)C(C)(C)O1)CCc1ccccc1. The monoisotopic (exact) mass is 300 g/mol. The van der Waals surface area contributed by atoms with Gasteiger partial charge in [0.1, 0.15) is 0 Å². The predicted molar refractivity (Wildman–Crippen MR) is 94.0 cm³/mol. The van der Waals surface area contributed by atoms with Gasteiger partial charge in [-0.05, 0) is 65.8 Å². The first kappa shape index (κ1) is 17.3. The second kappa shape index (κ2) is 7.01.